The predicted molar refractivity (Wildman–Crippen MR) is 40.2 cm³/mol. The Morgan fingerprint density at radius 3 is 1.70 bits per heavy atom. The van der Waals surface area contributed by atoms with Crippen LogP contribution in [0.5, 0.6) is 0 Å². The van der Waals surface area contributed by atoms with E-state index in [1.54, 1.807) is 0 Å². The molecule has 0 saturated carbocycles. The zero-order valence-corrected chi connectivity index (χ0v) is 7.45. The summed E-state index contributed by atoms with van der Waals surface area (Å²) in [4.78, 5) is 0. The maximum absolute atomic E-state index is 12.0. The van der Waals surface area contributed by atoms with Gasteiger partial charge in [-0.2, -0.15) is 4.39 Å². The molecule has 0 heterocycles. The van der Waals surface area contributed by atoms with Crippen LogP contribution >= 0.6 is 46.4 Å². The summed E-state index contributed by atoms with van der Waals surface area (Å²) in [6.07, 6.45) is 0. The first-order valence-electron chi connectivity index (χ1n) is 2.09. The lowest BCUT2D eigenvalue weighted by Crippen LogP contribution is -2.09. The highest BCUT2D eigenvalue weighted by Gasteiger charge is 2.21. The van der Waals surface area contributed by atoms with Gasteiger partial charge in [0.2, 0.25) is 5.29 Å². The molecule has 0 bridgehead atoms. The second kappa shape index (κ2) is 4.60. The minimum atomic E-state index is -1.95. The summed E-state index contributed by atoms with van der Waals surface area (Å²) in [5.74, 6) is 0. The summed E-state index contributed by atoms with van der Waals surface area (Å²) >= 11 is 19.8. The molecular formula is C4H2Cl4F2. The van der Waals surface area contributed by atoms with Crippen LogP contribution in [0.1, 0.15) is 0 Å². The van der Waals surface area contributed by atoms with Crippen LogP contribution in [-0.2, 0) is 0 Å². The third kappa shape index (κ3) is 3.24. The largest absolute Gasteiger partial charge is 0.228 e. The van der Waals surface area contributed by atoms with Crippen molar-refractivity contribution >= 4 is 46.4 Å². The molecule has 0 spiro atoms. The Kier molecular flexibility index (Phi) is 4.95. The van der Waals surface area contributed by atoms with Crippen LogP contribution in [0.2, 0.25) is 0 Å². The van der Waals surface area contributed by atoms with Gasteiger partial charge in [0.15, 0.2) is 5.63 Å². The Morgan fingerprint density at radius 1 is 1.20 bits per heavy atom. The molecule has 0 aromatic heterocycles. The van der Waals surface area contributed by atoms with Crippen molar-refractivity contribution in [2.45, 2.75) is 11.0 Å². The van der Waals surface area contributed by atoms with Gasteiger partial charge in [-0.15, -0.1) is 11.6 Å². The van der Waals surface area contributed by atoms with Crippen molar-refractivity contribution in [3.63, 3.8) is 0 Å². The molecule has 0 aromatic rings. The van der Waals surface area contributed by atoms with E-state index in [4.69, 9.17) is 46.4 Å². The van der Waals surface area contributed by atoms with Gasteiger partial charge >= 0.3 is 0 Å². The normalized spacial score (nSPS) is 19.8. The van der Waals surface area contributed by atoms with E-state index in [2.05, 4.69) is 0 Å². The second-order valence-corrected chi connectivity index (χ2v) is 2.97. The first-order valence-corrected chi connectivity index (χ1v) is 3.72. The van der Waals surface area contributed by atoms with E-state index in [9.17, 15) is 8.78 Å². The number of hydrogen-bond acceptors (Lipinski definition) is 0. The molecule has 0 aliphatic carbocycles. The first-order chi connectivity index (χ1) is 4.46. The van der Waals surface area contributed by atoms with E-state index in [1.807, 2.05) is 0 Å². The highest BCUT2D eigenvalue weighted by molar-refractivity contribution is 6.44. The molecule has 2 unspecified atom stereocenters. The minimum Gasteiger partial charge on any atom is -0.228 e. The van der Waals surface area contributed by atoms with Gasteiger partial charge in [0, 0.05) is 0 Å². The fourth-order valence-corrected chi connectivity index (χ4v) is 0.785. The van der Waals surface area contributed by atoms with Crippen LogP contribution in [0, 0.1) is 0 Å². The summed E-state index contributed by atoms with van der Waals surface area (Å²) in [6, 6.07) is 0. The van der Waals surface area contributed by atoms with E-state index in [0.717, 1.165) is 0 Å². The van der Waals surface area contributed by atoms with Gasteiger partial charge in [-0.25, -0.2) is 4.39 Å². The lowest BCUT2D eigenvalue weighted by Gasteiger charge is -2.05. The predicted octanol–water partition coefficient (Wildman–Crippen LogP) is 3.74. The topological polar surface area (TPSA) is 0 Å². The average Bonchev–Trinajstić information content (AvgIpc) is 1.84. The standard InChI is InChI=1S/C4H2Cl4F2/c5-1(3(7)9)2(6)4(8)10/h1,3H. The molecule has 0 N–H and O–H groups in total. The lowest BCUT2D eigenvalue weighted by molar-refractivity contribution is 0.447. The van der Waals surface area contributed by atoms with Gasteiger partial charge in [0.05, 0.1) is 5.03 Å². The van der Waals surface area contributed by atoms with Crippen LogP contribution in [-0.4, -0.2) is 11.0 Å². The number of alkyl halides is 3. The number of halogens is 6. The van der Waals surface area contributed by atoms with Gasteiger partial charge in [-0.3, -0.25) is 0 Å². The molecular weight excluding hydrogens is 228 g/mol. The maximum Gasteiger partial charge on any atom is 0.205 e. The van der Waals surface area contributed by atoms with Gasteiger partial charge in [0.25, 0.3) is 0 Å². The van der Waals surface area contributed by atoms with E-state index in [-0.39, 0.29) is 0 Å². The van der Waals surface area contributed by atoms with Crippen molar-refractivity contribution in [1.82, 2.24) is 0 Å². The molecule has 0 saturated heterocycles. The van der Waals surface area contributed by atoms with E-state index in [0.29, 0.717) is 0 Å². The van der Waals surface area contributed by atoms with Crippen molar-refractivity contribution in [3.8, 4) is 0 Å². The molecule has 10 heavy (non-hydrogen) atoms. The van der Waals surface area contributed by atoms with Crippen LogP contribution in [0.15, 0.2) is 10.3 Å². The zero-order valence-electron chi connectivity index (χ0n) is 4.42. The Labute approximate surface area is 76.7 Å². The smallest absolute Gasteiger partial charge is 0.205 e. The first kappa shape index (κ1) is 10.8. The van der Waals surface area contributed by atoms with E-state index >= 15 is 0 Å². The van der Waals surface area contributed by atoms with Gasteiger partial charge in [-0.1, -0.05) is 23.2 Å². The Bertz CT molecular complexity index is 140. The Morgan fingerprint density at radius 2 is 1.60 bits per heavy atom. The van der Waals surface area contributed by atoms with E-state index < -0.39 is 21.3 Å². The van der Waals surface area contributed by atoms with Crippen molar-refractivity contribution in [1.29, 1.82) is 0 Å². The summed E-state index contributed by atoms with van der Waals surface area (Å²) in [7, 11) is 0. The minimum absolute atomic E-state index is 0.620. The summed E-state index contributed by atoms with van der Waals surface area (Å²) < 4.78 is 23.9. The zero-order chi connectivity index (χ0) is 8.31. The number of rotatable bonds is 2. The molecule has 0 nitrogen and oxygen atoms in total. The molecule has 0 amide bonds. The molecule has 60 valence electrons. The summed E-state index contributed by atoms with van der Waals surface area (Å²) in [5.41, 5.74) is -1.95. The number of allylic oxidation sites excluding steroid dienone is 1. The lowest BCUT2D eigenvalue weighted by atomic mass is 10.4. The third-order valence-corrected chi connectivity index (χ3v) is 2.28. The SMILES string of the molecule is FC(Cl)=C(Cl)C(Cl)C(F)Cl. The molecule has 0 radical (unpaired) electrons. The molecule has 0 aliphatic heterocycles. The highest BCUT2D eigenvalue weighted by atomic mass is 35.5. The molecule has 0 aromatic carbocycles. The monoisotopic (exact) mass is 228 g/mol. The second-order valence-electron chi connectivity index (χ2n) is 1.34. The Balaban J connectivity index is 4.22. The maximum atomic E-state index is 12.0. The van der Waals surface area contributed by atoms with Crippen molar-refractivity contribution in [2.75, 3.05) is 0 Å². The van der Waals surface area contributed by atoms with Crippen LogP contribution in [0.4, 0.5) is 8.78 Å². The van der Waals surface area contributed by atoms with Crippen molar-refractivity contribution < 1.29 is 8.78 Å². The van der Waals surface area contributed by atoms with Crippen molar-refractivity contribution in [2.24, 2.45) is 0 Å². The highest BCUT2D eigenvalue weighted by Crippen LogP contribution is 2.27. The molecule has 0 rings (SSSR count). The van der Waals surface area contributed by atoms with Crippen molar-refractivity contribution in [3.05, 3.63) is 10.3 Å². The van der Waals surface area contributed by atoms with Gasteiger partial charge < -0.3 is 0 Å². The van der Waals surface area contributed by atoms with Crippen LogP contribution < -0.4 is 0 Å². The fraction of sp³-hybridized carbons (Fsp3) is 0.500. The van der Waals surface area contributed by atoms with Crippen LogP contribution in [0.25, 0.3) is 0 Å². The number of hydrogen-bond donors (Lipinski definition) is 0. The quantitative estimate of drug-likeness (QED) is 0.633. The van der Waals surface area contributed by atoms with Gasteiger partial charge in [0.1, 0.15) is 5.38 Å². The third-order valence-electron chi connectivity index (χ3n) is 0.644. The summed E-state index contributed by atoms with van der Waals surface area (Å²) in [5, 5.41) is -3.29. The van der Waals surface area contributed by atoms with E-state index in [1.165, 1.54) is 0 Å². The molecule has 0 aliphatic rings. The Hall–Kier alpha value is 0.760. The fourth-order valence-electron chi connectivity index (χ4n) is 0.215. The summed E-state index contributed by atoms with van der Waals surface area (Å²) in [6.45, 7) is 0. The molecule has 0 fully saturated rings. The molecule has 6 heteroatoms. The van der Waals surface area contributed by atoms with Gasteiger partial charge in [-0.05, 0) is 11.6 Å². The van der Waals surface area contributed by atoms with Crippen LogP contribution in [0.3, 0.4) is 0 Å². The molecule has 2 atom stereocenters. The average molecular weight is 230 g/mol.